The molecular weight excluding hydrogens is 254 g/mol. The maximum absolute atomic E-state index is 11.4. The fourth-order valence-electron chi connectivity index (χ4n) is 1.99. The summed E-state index contributed by atoms with van der Waals surface area (Å²) in [4.78, 5) is 11.4. The van der Waals surface area contributed by atoms with Crippen molar-refractivity contribution in [3.63, 3.8) is 0 Å². The molecule has 0 bridgehead atoms. The first kappa shape index (κ1) is 16.3. The van der Waals surface area contributed by atoms with Crippen LogP contribution in [0.15, 0.2) is 0 Å². The molecule has 5 N–H and O–H groups in total. The highest BCUT2D eigenvalue weighted by Gasteiger charge is 2.43. The van der Waals surface area contributed by atoms with E-state index in [1.165, 1.54) is 0 Å². The van der Waals surface area contributed by atoms with Gasteiger partial charge in [-0.15, -0.1) is 0 Å². The molecule has 1 amide bonds. The van der Waals surface area contributed by atoms with Gasteiger partial charge in [0.25, 0.3) is 0 Å². The molecule has 7 heteroatoms. The quantitative estimate of drug-likeness (QED) is 0.388. The van der Waals surface area contributed by atoms with E-state index in [9.17, 15) is 20.1 Å². The summed E-state index contributed by atoms with van der Waals surface area (Å²) in [6.45, 7) is 1.54. The van der Waals surface area contributed by atoms with Crippen LogP contribution in [-0.4, -0.2) is 70.0 Å². The van der Waals surface area contributed by atoms with E-state index in [-0.39, 0.29) is 12.5 Å². The Labute approximate surface area is 112 Å². The molecule has 1 aliphatic heterocycles. The second kappa shape index (κ2) is 7.76. The first-order valence-corrected chi connectivity index (χ1v) is 6.58. The normalized spacial score (nSPS) is 35.1. The zero-order chi connectivity index (χ0) is 14.4. The van der Waals surface area contributed by atoms with Crippen molar-refractivity contribution >= 4 is 5.91 Å². The van der Waals surface area contributed by atoms with Crippen LogP contribution in [0.4, 0.5) is 0 Å². The van der Waals surface area contributed by atoms with Gasteiger partial charge >= 0.3 is 0 Å². The summed E-state index contributed by atoms with van der Waals surface area (Å²) in [7, 11) is 0. The molecule has 0 radical (unpaired) electrons. The standard InChI is InChI=1S/C12H23NO6/c1-2-3-4-9(15)13-5-7-10(16)12(18)11(17)8(6-14)19-7/h7-8,10-12,14,16-18H,2-6H2,1H3,(H,13,15)/t7?,8-,10+,11-,12-/m1/s1. The van der Waals surface area contributed by atoms with Crippen molar-refractivity contribution in [2.24, 2.45) is 0 Å². The fourth-order valence-corrected chi connectivity index (χ4v) is 1.99. The smallest absolute Gasteiger partial charge is 0.220 e. The van der Waals surface area contributed by atoms with Gasteiger partial charge in [0.15, 0.2) is 0 Å². The molecule has 7 nitrogen and oxygen atoms in total. The van der Waals surface area contributed by atoms with Crippen molar-refractivity contribution in [2.75, 3.05) is 13.2 Å². The van der Waals surface area contributed by atoms with Crippen LogP contribution in [0, 0.1) is 0 Å². The molecule has 1 heterocycles. The third kappa shape index (κ3) is 4.39. The molecule has 5 atom stereocenters. The highest BCUT2D eigenvalue weighted by atomic mass is 16.5. The van der Waals surface area contributed by atoms with Crippen molar-refractivity contribution in [1.29, 1.82) is 0 Å². The average Bonchev–Trinajstić information content (AvgIpc) is 2.41. The first-order valence-electron chi connectivity index (χ1n) is 6.58. The summed E-state index contributed by atoms with van der Waals surface area (Å²) in [5.74, 6) is -0.154. The van der Waals surface area contributed by atoms with Crippen LogP contribution in [0.1, 0.15) is 26.2 Å². The second-order valence-corrected chi connectivity index (χ2v) is 4.77. The first-order chi connectivity index (χ1) is 9.01. The highest BCUT2D eigenvalue weighted by molar-refractivity contribution is 5.75. The number of carbonyl (C=O) groups is 1. The van der Waals surface area contributed by atoms with E-state index in [0.29, 0.717) is 6.42 Å². The number of amides is 1. The summed E-state index contributed by atoms with van der Waals surface area (Å²) < 4.78 is 5.26. The molecule has 112 valence electrons. The zero-order valence-corrected chi connectivity index (χ0v) is 11.0. The van der Waals surface area contributed by atoms with Gasteiger partial charge in [0.1, 0.15) is 30.5 Å². The number of nitrogens with one attached hydrogen (secondary N) is 1. The highest BCUT2D eigenvalue weighted by Crippen LogP contribution is 2.20. The monoisotopic (exact) mass is 277 g/mol. The van der Waals surface area contributed by atoms with E-state index in [1.807, 2.05) is 6.92 Å². The minimum absolute atomic E-state index is 0.0317. The molecule has 1 saturated heterocycles. The molecule has 0 aromatic rings. The van der Waals surface area contributed by atoms with E-state index < -0.39 is 37.1 Å². The van der Waals surface area contributed by atoms with Crippen LogP contribution in [0.3, 0.4) is 0 Å². The molecule has 1 rings (SSSR count). The predicted molar refractivity (Wildman–Crippen MR) is 66.3 cm³/mol. The Morgan fingerprint density at radius 3 is 2.37 bits per heavy atom. The van der Waals surface area contributed by atoms with Crippen molar-refractivity contribution < 1.29 is 30.0 Å². The number of aliphatic hydroxyl groups is 4. The lowest BCUT2D eigenvalue weighted by Crippen LogP contribution is -2.60. The number of ether oxygens (including phenoxy) is 1. The molecule has 1 aliphatic rings. The fraction of sp³-hybridized carbons (Fsp3) is 0.917. The molecule has 0 aliphatic carbocycles. The third-order valence-electron chi connectivity index (χ3n) is 3.25. The van der Waals surface area contributed by atoms with Crippen molar-refractivity contribution in [3.8, 4) is 0 Å². The lowest BCUT2D eigenvalue weighted by Gasteiger charge is -2.40. The molecule has 1 fully saturated rings. The third-order valence-corrected chi connectivity index (χ3v) is 3.25. The Bertz CT molecular complexity index is 285. The zero-order valence-electron chi connectivity index (χ0n) is 11.0. The summed E-state index contributed by atoms with van der Waals surface area (Å²) >= 11 is 0. The van der Waals surface area contributed by atoms with E-state index in [1.54, 1.807) is 0 Å². The summed E-state index contributed by atoms with van der Waals surface area (Å²) in [6, 6.07) is 0. The van der Waals surface area contributed by atoms with Crippen LogP contribution in [-0.2, 0) is 9.53 Å². The van der Waals surface area contributed by atoms with Gasteiger partial charge in [-0.1, -0.05) is 13.3 Å². The summed E-state index contributed by atoms with van der Waals surface area (Å²) in [5.41, 5.74) is 0. The van der Waals surface area contributed by atoms with Crippen molar-refractivity contribution in [2.45, 2.75) is 56.7 Å². The topological polar surface area (TPSA) is 119 Å². The Balaban J connectivity index is 2.46. The van der Waals surface area contributed by atoms with Crippen LogP contribution < -0.4 is 5.32 Å². The lowest BCUT2D eigenvalue weighted by atomic mass is 9.95. The van der Waals surface area contributed by atoms with Gasteiger partial charge in [-0.3, -0.25) is 4.79 Å². The summed E-state index contributed by atoms with van der Waals surface area (Å²) in [5, 5.41) is 40.5. The van der Waals surface area contributed by atoms with E-state index in [0.717, 1.165) is 12.8 Å². The van der Waals surface area contributed by atoms with Gasteiger partial charge in [0, 0.05) is 13.0 Å². The Morgan fingerprint density at radius 2 is 1.79 bits per heavy atom. The van der Waals surface area contributed by atoms with Gasteiger partial charge in [-0.05, 0) is 6.42 Å². The maximum atomic E-state index is 11.4. The van der Waals surface area contributed by atoms with Crippen molar-refractivity contribution in [1.82, 2.24) is 5.32 Å². The van der Waals surface area contributed by atoms with Crippen LogP contribution in [0.2, 0.25) is 0 Å². The number of unbranched alkanes of at least 4 members (excludes halogenated alkanes) is 1. The van der Waals surface area contributed by atoms with E-state index in [4.69, 9.17) is 9.84 Å². The van der Waals surface area contributed by atoms with Gasteiger partial charge in [0.05, 0.1) is 6.61 Å². The number of rotatable bonds is 6. The molecule has 19 heavy (non-hydrogen) atoms. The molecule has 0 aromatic carbocycles. The Kier molecular flexibility index (Phi) is 6.67. The Morgan fingerprint density at radius 1 is 1.16 bits per heavy atom. The predicted octanol–water partition coefficient (Wildman–Crippen LogP) is -1.86. The molecule has 1 unspecified atom stereocenters. The van der Waals surface area contributed by atoms with Gasteiger partial charge in [0.2, 0.25) is 5.91 Å². The lowest BCUT2D eigenvalue weighted by molar-refractivity contribution is -0.227. The summed E-state index contributed by atoms with van der Waals surface area (Å²) in [6.07, 6.45) is -3.76. The van der Waals surface area contributed by atoms with Gasteiger partial charge < -0.3 is 30.5 Å². The van der Waals surface area contributed by atoms with Crippen LogP contribution in [0.5, 0.6) is 0 Å². The van der Waals surface area contributed by atoms with Gasteiger partial charge in [-0.25, -0.2) is 0 Å². The number of carbonyl (C=O) groups excluding carboxylic acids is 1. The number of aliphatic hydroxyl groups excluding tert-OH is 4. The van der Waals surface area contributed by atoms with Gasteiger partial charge in [-0.2, -0.15) is 0 Å². The molecular formula is C12H23NO6. The van der Waals surface area contributed by atoms with E-state index in [2.05, 4.69) is 5.32 Å². The number of hydrogen-bond acceptors (Lipinski definition) is 6. The van der Waals surface area contributed by atoms with E-state index >= 15 is 0 Å². The second-order valence-electron chi connectivity index (χ2n) is 4.77. The maximum Gasteiger partial charge on any atom is 0.220 e. The minimum atomic E-state index is -1.40. The molecule has 0 saturated carbocycles. The average molecular weight is 277 g/mol. The Hall–Kier alpha value is -0.730. The molecule has 0 aromatic heterocycles. The van der Waals surface area contributed by atoms with Crippen LogP contribution in [0.25, 0.3) is 0 Å². The largest absolute Gasteiger partial charge is 0.394 e. The van der Waals surface area contributed by atoms with Crippen LogP contribution >= 0.6 is 0 Å². The molecule has 0 spiro atoms. The van der Waals surface area contributed by atoms with Crippen molar-refractivity contribution in [3.05, 3.63) is 0 Å². The minimum Gasteiger partial charge on any atom is -0.394 e. The SMILES string of the molecule is CCCCC(=O)NCC1O[C@H](CO)[C@@H](O)[C@H](O)[C@H]1O. The number of hydrogen-bond donors (Lipinski definition) is 5.